The van der Waals surface area contributed by atoms with Gasteiger partial charge in [-0.2, -0.15) is 0 Å². The second kappa shape index (κ2) is 10.9. The van der Waals surface area contributed by atoms with Crippen molar-refractivity contribution in [2.45, 2.75) is 90.6 Å². The van der Waals surface area contributed by atoms with Gasteiger partial charge in [0.25, 0.3) is 0 Å². The van der Waals surface area contributed by atoms with Crippen molar-refractivity contribution >= 4 is 23.4 Å². The van der Waals surface area contributed by atoms with E-state index in [0.29, 0.717) is 19.5 Å². The van der Waals surface area contributed by atoms with Crippen LogP contribution in [0.4, 0.5) is 5.69 Å². The van der Waals surface area contributed by atoms with Crippen LogP contribution in [0.25, 0.3) is 0 Å². The second-order valence-corrected chi connectivity index (χ2v) is 14.7. The summed E-state index contributed by atoms with van der Waals surface area (Å²) in [5.41, 5.74) is -1.11. The first-order valence-electron chi connectivity index (χ1n) is 15.3. The minimum absolute atomic E-state index is 0.0361. The topological polar surface area (TPSA) is 90.4 Å². The highest BCUT2D eigenvalue weighted by Crippen LogP contribution is 2.55. The number of likely N-dealkylation sites (tertiary alicyclic amines) is 1. The monoisotopic (exact) mass is 577 g/mol. The zero-order valence-corrected chi connectivity index (χ0v) is 26.1. The molecule has 0 bridgehead atoms. The number of carbonyl (C=O) groups excluding carboxylic acids is 3. The Morgan fingerprint density at radius 2 is 1.67 bits per heavy atom. The fourth-order valence-corrected chi connectivity index (χ4v) is 8.07. The van der Waals surface area contributed by atoms with E-state index < -0.39 is 41.2 Å². The Morgan fingerprint density at radius 1 is 0.976 bits per heavy atom. The van der Waals surface area contributed by atoms with Gasteiger partial charge in [0.15, 0.2) is 0 Å². The van der Waals surface area contributed by atoms with Crippen LogP contribution < -0.4 is 4.90 Å². The standard InChI is InChI=1S/C34H47N3O5/c1-22(2)19-24(20-38)37-28-31(41)36(33(6,7)21-32(3,4)5)18-12-16-34(28)27(30(37)40)26-25(42-34)15-11-17-35(29(26)39)23-13-9-8-10-14-23/h8-16,22,24-28,38H,17-21H2,1-7H3/t24-,25+,26-,27+,28?,34+/m1/s1. The van der Waals surface area contributed by atoms with Crippen LogP contribution in [0.5, 0.6) is 0 Å². The third-order valence-electron chi connectivity index (χ3n) is 9.21. The number of rotatable bonds is 7. The maximum Gasteiger partial charge on any atom is 0.249 e. The number of hydrogen-bond donors (Lipinski definition) is 1. The molecule has 5 rings (SSSR count). The molecule has 6 atom stereocenters. The smallest absolute Gasteiger partial charge is 0.249 e. The van der Waals surface area contributed by atoms with Crippen molar-refractivity contribution in [1.82, 2.24) is 9.80 Å². The van der Waals surface area contributed by atoms with Crippen molar-refractivity contribution in [1.29, 1.82) is 0 Å². The normalized spacial score (nSPS) is 30.4. The van der Waals surface area contributed by atoms with Gasteiger partial charge in [0.2, 0.25) is 17.7 Å². The Morgan fingerprint density at radius 3 is 2.29 bits per heavy atom. The molecule has 0 aromatic heterocycles. The van der Waals surface area contributed by atoms with Crippen LogP contribution in [0.2, 0.25) is 0 Å². The molecule has 0 radical (unpaired) electrons. The van der Waals surface area contributed by atoms with E-state index in [4.69, 9.17) is 4.74 Å². The SMILES string of the molecule is CC(C)C[C@H](CO)N1C(=O)[C@@H]2[C@@H]3C(=O)N(c4ccccc4)CC=C[C@@H]3O[C@@]23C=CCN(C(C)(C)CC(C)(C)C)C(=O)C13. The van der Waals surface area contributed by atoms with Crippen LogP contribution in [-0.2, 0) is 19.1 Å². The molecule has 8 nitrogen and oxygen atoms in total. The predicted molar refractivity (Wildman–Crippen MR) is 162 cm³/mol. The number of hydrogen-bond acceptors (Lipinski definition) is 5. The Bertz CT molecular complexity index is 1270. The average molecular weight is 578 g/mol. The number of benzene rings is 1. The summed E-state index contributed by atoms with van der Waals surface area (Å²) in [5.74, 6) is -2.18. The molecule has 2 saturated heterocycles. The molecule has 42 heavy (non-hydrogen) atoms. The Labute approximate surface area is 250 Å². The lowest BCUT2D eigenvalue weighted by atomic mass is 9.77. The van der Waals surface area contributed by atoms with Crippen LogP contribution in [0.3, 0.4) is 0 Å². The number of aliphatic hydroxyl groups is 1. The van der Waals surface area contributed by atoms with Crippen molar-refractivity contribution < 1.29 is 24.2 Å². The lowest BCUT2D eigenvalue weighted by molar-refractivity contribution is -0.154. The Kier molecular flexibility index (Phi) is 7.94. The molecule has 228 valence electrons. The molecule has 1 spiro atoms. The first kappa shape index (κ1) is 30.5. The zero-order valence-electron chi connectivity index (χ0n) is 26.1. The molecule has 8 heteroatoms. The summed E-state index contributed by atoms with van der Waals surface area (Å²) < 4.78 is 6.82. The van der Waals surface area contributed by atoms with Crippen molar-refractivity contribution in [2.24, 2.45) is 23.2 Å². The number of fused-ring (bicyclic) bond motifs is 2. The summed E-state index contributed by atoms with van der Waals surface area (Å²) >= 11 is 0. The molecule has 4 aliphatic rings. The highest BCUT2D eigenvalue weighted by atomic mass is 16.5. The molecule has 1 aromatic carbocycles. The predicted octanol–water partition coefficient (Wildman–Crippen LogP) is 4.19. The summed E-state index contributed by atoms with van der Waals surface area (Å²) in [7, 11) is 0. The summed E-state index contributed by atoms with van der Waals surface area (Å²) in [4.78, 5) is 49.0. The average Bonchev–Trinajstić information content (AvgIpc) is 3.21. The largest absolute Gasteiger partial charge is 0.394 e. The maximum absolute atomic E-state index is 14.8. The number of ether oxygens (including phenoxy) is 1. The van der Waals surface area contributed by atoms with Gasteiger partial charge in [0, 0.05) is 24.3 Å². The molecule has 1 N–H and O–H groups in total. The number of amides is 3. The number of anilines is 1. The fraction of sp³-hybridized carbons (Fsp3) is 0.618. The van der Waals surface area contributed by atoms with E-state index in [0.717, 1.165) is 12.1 Å². The van der Waals surface area contributed by atoms with Crippen LogP contribution >= 0.6 is 0 Å². The van der Waals surface area contributed by atoms with Gasteiger partial charge < -0.3 is 24.5 Å². The van der Waals surface area contributed by atoms with Gasteiger partial charge in [-0.25, -0.2) is 0 Å². The lowest BCUT2D eigenvalue weighted by Crippen LogP contribution is -2.61. The quantitative estimate of drug-likeness (QED) is 0.491. The Hall–Kier alpha value is -2.97. The summed E-state index contributed by atoms with van der Waals surface area (Å²) in [6.45, 7) is 15.2. The third-order valence-corrected chi connectivity index (χ3v) is 9.21. The number of aliphatic hydroxyl groups excluding tert-OH is 1. The molecular formula is C34H47N3O5. The molecule has 4 heterocycles. The second-order valence-electron chi connectivity index (χ2n) is 14.7. The van der Waals surface area contributed by atoms with Gasteiger partial charge in [-0.15, -0.1) is 0 Å². The van der Waals surface area contributed by atoms with E-state index in [9.17, 15) is 19.5 Å². The van der Waals surface area contributed by atoms with Gasteiger partial charge in [-0.05, 0) is 50.2 Å². The van der Waals surface area contributed by atoms with Crippen LogP contribution in [0, 0.1) is 23.2 Å². The van der Waals surface area contributed by atoms with Crippen molar-refractivity contribution in [3.05, 3.63) is 54.6 Å². The van der Waals surface area contributed by atoms with Gasteiger partial charge in [0.05, 0.1) is 30.6 Å². The highest BCUT2D eigenvalue weighted by molar-refractivity contribution is 6.04. The van der Waals surface area contributed by atoms with Crippen LogP contribution in [0.15, 0.2) is 54.6 Å². The minimum atomic E-state index is -1.32. The van der Waals surface area contributed by atoms with Crippen LogP contribution in [0.1, 0.15) is 61.3 Å². The van der Waals surface area contributed by atoms with E-state index in [1.54, 1.807) is 9.80 Å². The Balaban J connectivity index is 1.63. The number of carbonyl (C=O) groups is 3. The summed E-state index contributed by atoms with van der Waals surface area (Å²) in [6, 6.07) is 7.89. The number of nitrogens with zero attached hydrogens (tertiary/aromatic N) is 3. The van der Waals surface area contributed by atoms with E-state index in [-0.39, 0.29) is 35.7 Å². The first-order valence-corrected chi connectivity index (χ1v) is 15.3. The maximum atomic E-state index is 14.8. The third kappa shape index (κ3) is 5.11. The molecule has 1 unspecified atom stereocenters. The zero-order chi connectivity index (χ0) is 30.6. The van der Waals surface area contributed by atoms with Gasteiger partial charge >= 0.3 is 0 Å². The van der Waals surface area contributed by atoms with E-state index in [2.05, 4.69) is 34.6 Å². The molecule has 4 aliphatic heterocycles. The van der Waals surface area contributed by atoms with Crippen molar-refractivity contribution in [3.63, 3.8) is 0 Å². The molecule has 2 fully saturated rings. The van der Waals surface area contributed by atoms with Gasteiger partial charge in [-0.3, -0.25) is 14.4 Å². The summed E-state index contributed by atoms with van der Waals surface area (Å²) in [5, 5.41) is 10.6. The van der Waals surface area contributed by atoms with Gasteiger partial charge in [0.1, 0.15) is 11.6 Å². The van der Waals surface area contributed by atoms with Crippen molar-refractivity contribution in [3.8, 4) is 0 Å². The van der Waals surface area contributed by atoms with E-state index in [1.165, 1.54) is 0 Å². The first-order chi connectivity index (χ1) is 19.7. The molecule has 0 aliphatic carbocycles. The van der Waals surface area contributed by atoms with Crippen molar-refractivity contribution in [2.75, 3.05) is 24.6 Å². The lowest BCUT2D eigenvalue weighted by Gasteiger charge is -2.45. The molecule has 0 saturated carbocycles. The highest BCUT2D eigenvalue weighted by Gasteiger charge is 2.73. The van der Waals surface area contributed by atoms with E-state index in [1.807, 2.05) is 73.4 Å². The fourth-order valence-electron chi connectivity index (χ4n) is 8.07. The van der Waals surface area contributed by atoms with Crippen LogP contribution in [-0.4, -0.2) is 81.7 Å². The summed E-state index contributed by atoms with van der Waals surface area (Å²) in [6.07, 6.45) is 8.27. The molecule has 3 amide bonds. The van der Waals surface area contributed by atoms with E-state index >= 15 is 0 Å². The minimum Gasteiger partial charge on any atom is -0.394 e. The molecule has 1 aromatic rings. The number of para-hydroxylation sites is 1. The molecular weight excluding hydrogens is 530 g/mol. The van der Waals surface area contributed by atoms with Gasteiger partial charge in [-0.1, -0.05) is 77.1 Å².